The molecule has 1 amide bonds. The number of hydrogen-bond donors (Lipinski definition) is 1. The Morgan fingerprint density at radius 3 is 2.83 bits per heavy atom. The number of hydrogen-bond acceptors (Lipinski definition) is 5. The van der Waals surface area contributed by atoms with E-state index in [-0.39, 0.29) is 5.91 Å². The van der Waals surface area contributed by atoms with Crippen LogP contribution in [0.3, 0.4) is 0 Å². The maximum absolute atomic E-state index is 12.3. The highest BCUT2D eigenvalue weighted by atomic mass is 32.2. The van der Waals surface area contributed by atoms with Gasteiger partial charge in [-0.1, -0.05) is 0 Å². The molecule has 0 unspecified atom stereocenters. The number of amides is 1. The van der Waals surface area contributed by atoms with E-state index in [1.54, 1.807) is 43.3 Å². The topological polar surface area (TPSA) is 74.5 Å². The molecule has 1 aromatic heterocycles. The van der Waals surface area contributed by atoms with Gasteiger partial charge >= 0.3 is 0 Å². The molecule has 120 valence electrons. The predicted octanol–water partition coefficient (Wildman–Crippen LogP) is 2.21. The molecule has 0 spiro atoms. The third kappa shape index (κ3) is 3.68. The van der Waals surface area contributed by atoms with E-state index in [1.165, 1.54) is 18.0 Å². The Morgan fingerprint density at radius 1 is 1.26 bits per heavy atom. The fourth-order valence-electron chi connectivity index (χ4n) is 2.10. The van der Waals surface area contributed by atoms with Crippen LogP contribution in [-0.4, -0.2) is 24.4 Å². The number of carbonyl (C=O) groups is 1. The molecule has 2 heterocycles. The van der Waals surface area contributed by atoms with E-state index in [4.69, 9.17) is 9.47 Å². The third-order valence-corrected chi connectivity index (χ3v) is 4.39. The second-order valence-corrected chi connectivity index (χ2v) is 6.33. The Morgan fingerprint density at radius 2 is 2.04 bits per heavy atom. The fourth-order valence-corrected chi connectivity index (χ4v) is 2.95. The van der Waals surface area contributed by atoms with Crippen molar-refractivity contribution in [3.05, 3.63) is 47.8 Å². The number of nitrogens with one attached hydrogen (secondary N) is 1. The molecule has 1 N–H and O–H groups in total. The number of pyridine rings is 1. The van der Waals surface area contributed by atoms with Crippen molar-refractivity contribution in [1.29, 1.82) is 0 Å². The minimum atomic E-state index is -0.411. The van der Waals surface area contributed by atoms with E-state index in [2.05, 4.69) is 5.32 Å². The lowest BCUT2D eigenvalue weighted by atomic mass is 10.2. The van der Waals surface area contributed by atoms with E-state index < -0.39 is 5.25 Å². The SMILES string of the molecule is C[C@H](Sc1cccc[n+]1[O-])C(=O)Nc1ccc2c(c1)OCCO2. The van der Waals surface area contributed by atoms with Gasteiger partial charge in [-0.2, -0.15) is 4.73 Å². The summed E-state index contributed by atoms with van der Waals surface area (Å²) in [5.74, 6) is 1.11. The van der Waals surface area contributed by atoms with E-state index in [0.717, 1.165) is 4.73 Å². The second kappa shape index (κ2) is 6.78. The summed E-state index contributed by atoms with van der Waals surface area (Å²) in [6.07, 6.45) is 1.41. The first-order valence-electron chi connectivity index (χ1n) is 7.19. The van der Waals surface area contributed by atoms with Crippen molar-refractivity contribution in [2.24, 2.45) is 0 Å². The molecule has 1 aromatic carbocycles. The molecule has 6 nitrogen and oxygen atoms in total. The van der Waals surface area contributed by atoms with Gasteiger partial charge in [-0.25, -0.2) is 0 Å². The molecule has 2 aromatic rings. The quantitative estimate of drug-likeness (QED) is 0.528. The van der Waals surface area contributed by atoms with Crippen molar-refractivity contribution in [2.75, 3.05) is 18.5 Å². The number of fused-ring (bicyclic) bond motifs is 1. The fraction of sp³-hybridized carbons (Fsp3) is 0.250. The minimum absolute atomic E-state index is 0.185. The number of ether oxygens (including phenoxy) is 2. The van der Waals surface area contributed by atoms with Crippen LogP contribution in [0, 0.1) is 5.21 Å². The number of nitrogens with zero attached hydrogens (tertiary/aromatic N) is 1. The normalized spacial score (nSPS) is 14.1. The van der Waals surface area contributed by atoms with Gasteiger partial charge in [0.15, 0.2) is 17.7 Å². The standard InChI is InChI=1S/C16H16N2O4S/c1-11(23-15-4-2-3-7-18(15)20)16(19)17-12-5-6-13-14(10-12)22-9-8-21-13/h2-7,10-11H,8-9H2,1H3,(H,17,19)/t11-/m0/s1. The summed E-state index contributed by atoms with van der Waals surface area (Å²) in [6, 6.07) is 10.4. The van der Waals surface area contributed by atoms with E-state index in [0.29, 0.717) is 35.4 Å². The second-order valence-electron chi connectivity index (χ2n) is 4.97. The molecule has 1 aliphatic heterocycles. The summed E-state index contributed by atoms with van der Waals surface area (Å²) in [4.78, 5) is 12.3. The molecular formula is C16H16N2O4S. The molecular weight excluding hydrogens is 316 g/mol. The lowest BCUT2D eigenvalue weighted by Crippen LogP contribution is -2.30. The van der Waals surface area contributed by atoms with Crippen LogP contribution in [0.2, 0.25) is 0 Å². The average Bonchev–Trinajstić information content (AvgIpc) is 2.56. The largest absolute Gasteiger partial charge is 0.618 e. The molecule has 0 aliphatic carbocycles. The summed E-state index contributed by atoms with van der Waals surface area (Å²) in [5, 5.41) is 14.5. The molecule has 0 saturated heterocycles. The number of thioether (sulfide) groups is 1. The Kier molecular flexibility index (Phi) is 4.57. The molecule has 3 rings (SSSR count). The van der Waals surface area contributed by atoms with Crippen molar-refractivity contribution >= 4 is 23.4 Å². The Hall–Kier alpha value is -2.41. The molecule has 0 fully saturated rings. The molecule has 23 heavy (non-hydrogen) atoms. The monoisotopic (exact) mass is 332 g/mol. The van der Waals surface area contributed by atoms with Crippen LogP contribution in [0.4, 0.5) is 5.69 Å². The molecule has 0 radical (unpaired) electrons. The molecule has 1 atom stereocenters. The van der Waals surface area contributed by atoms with Crippen LogP contribution < -0.4 is 19.5 Å². The number of rotatable bonds is 4. The predicted molar refractivity (Wildman–Crippen MR) is 86.8 cm³/mol. The summed E-state index contributed by atoms with van der Waals surface area (Å²) in [6.45, 7) is 2.78. The smallest absolute Gasteiger partial charge is 0.252 e. The average molecular weight is 332 g/mol. The first-order chi connectivity index (χ1) is 11.1. The first-order valence-corrected chi connectivity index (χ1v) is 8.07. The number of carbonyl (C=O) groups excluding carboxylic acids is 1. The zero-order valence-electron chi connectivity index (χ0n) is 12.5. The first kappa shape index (κ1) is 15.5. The number of benzene rings is 1. The Balaban J connectivity index is 1.65. The van der Waals surface area contributed by atoms with Crippen molar-refractivity contribution in [2.45, 2.75) is 17.2 Å². The maximum Gasteiger partial charge on any atom is 0.252 e. The van der Waals surface area contributed by atoms with E-state index in [9.17, 15) is 10.0 Å². The summed E-state index contributed by atoms with van der Waals surface area (Å²) in [5.41, 5.74) is 0.634. The highest BCUT2D eigenvalue weighted by Gasteiger charge is 2.20. The highest BCUT2D eigenvalue weighted by molar-refractivity contribution is 8.00. The van der Waals surface area contributed by atoms with Crippen molar-refractivity contribution in [3.63, 3.8) is 0 Å². The van der Waals surface area contributed by atoms with Gasteiger partial charge in [0.05, 0.1) is 5.25 Å². The summed E-state index contributed by atoms with van der Waals surface area (Å²) in [7, 11) is 0. The Bertz CT molecular complexity index is 723. The van der Waals surface area contributed by atoms with Gasteiger partial charge in [-0.3, -0.25) is 4.79 Å². The third-order valence-electron chi connectivity index (χ3n) is 3.27. The van der Waals surface area contributed by atoms with Crippen LogP contribution in [0.5, 0.6) is 11.5 Å². The van der Waals surface area contributed by atoms with E-state index >= 15 is 0 Å². The molecule has 7 heteroatoms. The maximum atomic E-state index is 12.3. The zero-order chi connectivity index (χ0) is 16.2. The lowest BCUT2D eigenvalue weighted by molar-refractivity contribution is -0.645. The summed E-state index contributed by atoms with van der Waals surface area (Å²) < 4.78 is 11.7. The van der Waals surface area contributed by atoms with Crippen molar-refractivity contribution in [1.82, 2.24) is 0 Å². The van der Waals surface area contributed by atoms with E-state index in [1.807, 2.05) is 0 Å². The minimum Gasteiger partial charge on any atom is -0.618 e. The lowest BCUT2D eigenvalue weighted by Gasteiger charge is -2.19. The Labute approximate surface area is 138 Å². The van der Waals surface area contributed by atoms with Crippen molar-refractivity contribution < 1.29 is 19.0 Å². The number of aromatic nitrogens is 1. The van der Waals surface area contributed by atoms with Crippen molar-refractivity contribution in [3.8, 4) is 11.5 Å². The van der Waals surface area contributed by atoms with Gasteiger partial charge in [0.1, 0.15) is 13.2 Å². The molecule has 1 aliphatic rings. The van der Waals surface area contributed by atoms with Crippen LogP contribution in [0.15, 0.2) is 47.6 Å². The molecule has 0 bridgehead atoms. The van der Waals surface area contributed by atoms with Gasteiger partial charge in [0.25, 0.3) is 5.03 Å². The van der Waals surface area contributed by atoms with Gasteiger partial charge in [0.2, 0.25) is 5.91 Å². The van der Waals surface area contributed by atoms with Crippen LogP contribution >= 0.6 is 11.8 Å². The molecule has 0 saturated carbocycles. The zero-order valence-corrected chi connectivity index (χ0v) is 13.3. The van der Waals surface area contributed by atoms with Gasteiger partial charge in [-0.15, -0.1) is 0 Å². The summed E-state index contributed by atoms with van der Waals surface area (Å²) >= 11 is 1.21. The van der Waals surface area contributed by atoms with Gasteiger partial charge in [0, 0.05) is 23.9 Å². The van der Waals surface area contributed by atoms with Crippen LogP contribution in [0.1, 0.15) is 6.92 Å². The van der Waals surface area contributed by atoms with Crippen LogP contribution in [-0.2, 0) is 4.79 Å². The van der Waals surface area contributed by atoms with Crippen LogP contribution in [0.25, 0.3) is 0 Å². The number of anilines is 1. The van der Waals surface area contributed by atoms with Gasteiger partial charge in [-0.05, 0) is 36.9 Å². The highest BCUT2D eigenvalue weighted by Crippen LogP contribution is 2.33. The van der Waals surface area contributed by atoms with Gasteiger partial charge < -0.3 is 20.0 Å².